The summed E-state index contributed by atoms with van der Waals surface area (Å²) >= 11 is 2.43. The number of nitrogens with two attached hydrogens (primary N) is 1. The first kappa shape index (κ1) is 28.3. The fourth-order valence-corrected chi connectivity index (χ4v) is 6.72. The number of nitrogens with zero attached hydrogens (tertiary/aromatic N) is 4. The van der Waals surface area contributed by atoms with Crippen LogP contribution in [0.15, 0.2) is 68.0 Å². The van der Waals surface area contributed by atoms with Gasteiger partial charge < -0.3 is 24.9 Å². The number of Topliss-reactive ketones (excluding diaryl/α,β-unsaturated/α-hetero) is 1. The monoisotopic (exact) mass is 592 g/mol. The predicted molar refractivity (Wildman–Crippen MR) is 155 cm³/mol. The topological polar surface area (TPSA) is 157 Å². The number of allylic oxidation sites excluding steroid dienone is 3. The molecule has 13 heteroatoms. The summed E-state index contributed by atoms with van der Waals surface area (Å²) in [6.45, 7) is 4.04. The van der Waals surface area contributed by atoms with Crippen molar-refractivity contribution in [2.75, 3.05) is 30.2 Å². The lowest BCUT2D eigenvalue weighted by atomic mass is 9.69. The van der Waals surface area contributed by atoms with E-state index in [-0.39, 0.29) is 34.3 Å². The summed E-state index contributed by atoms with van der Waals surface area (Å²) in [6.07, 6.45) is 2.39. The Morgan fingerprint density at radius 1 is 1.29 bits per heavy atom. The Hall–Kier alpha value is -4.28. The molecule has 3 N–H and O–H groups in total. The molecule has 212 valence electrons. The van der Waals surface area contributed by atoms with E-state index >= 15 is 0 Å². The van der Waals surface area contributed by atoms with Gasteiger partial charge in [-0.1, -0.05) is 36.9 Å². The van der Waals surface area contributed by atoms with Crippen molar-refractivity contribution in [3.05, 3.63) is 65.0 Å². The maximum atomic E-state index is 13.5. The molecule has 3 heterocycles. The predicted octanol–water partition coefficient (Wildman–Crippen LogP) is 4.82. The molecule has 0 radical (unpaired) electrons. The highest BCUT2D eigenvalue weighted by Gasteiger charge is 2.46. The molecule has 1 aliphatic carbocycles. The second kappa shape index (κ2) is 11.3. The molecule has 1 atom stereocenters. The number of methoxy groups -OCH3 is 2. The van der Waals surface area contributed by atoms with Gasteiger partial charge in [-0.15, -0.1) is 10.2 Å². The van der Waals surface area contributed by atoms with Gasteiger partial charge in [0, 0.05) is 23.8 Å². The van der Waals surface area contributed by atoms with E-state index < -0.39 is 5.92 Å². The van der Waals surface area contributed by atoms with E-state index in [1.807, 2.05) is 13.8 Å². The largest absolute Gasteiger partial charge is 0.497 e. The maximum absolute atomic E-state index is 13.5. The smallest absolute Gasteiger partial charge is 0.234 e. The van der Waals surface area contributed by atoms with Crippen LogP contribution >= 0.6 is 23.1 Å². The number of aromatic nitrogens is 2. The summed E-state index contributed by atoms with van der Waals surface area (Å²) in [6, 6.07) is 10.8. The van der Waals surface area contributed by atoms with Crippen molar-refractivity contribution >= 4 is 45.6 Å². The lowest BCUT2D eigenvalue weighted by Gasteiger charge is -2.42. The van der Waals surface area contributed by atoms with Crippen LogP contribution in [-0.4, -0.2) is 41.9 Å². The number of amides is 1. The zero-order valence-electron chi connectivity index (χ0n) is 22.9. The standard InChI is InChI=1S/C28H28N6O5S2/c1-28(2)11-18-24(19(35)12-28)23(21-6-5-9-39-21)16(13-29)25(30)34(18)26-32-33-27(41-26)40-14-22(36)31-17-10-15(37-3)7-8-20(17)38-4/h5-10,23H,11-12,14,30H2,1-4H3,(H,31,36). The number of carbonyl (C=O) groups excluding carboxylic acids is 2. The van der Waals surface area contributed by atoms with Gasteiger partial charge in [0.25, 0.3) is 0 Å². The summed E-state index contributed by atoms with van der Waals surface area (Å²) in [5, 5.41) is 22.0. The number of ether oxygens (including phenoxy) is 2. The van der Waals surface area contributed by atoms with Crippen molar-refractivity contribution in [2.24, 2.45) is 11.1 Å². The van der Waals surface area contributed by atoms with Crippen molar-refractivity contribution in [1.29, 1.82) is 5.26 Å². The van der Waals surface area contributed by atoms with E-state index in [9.17, 15) is 14.9 Å². The van der Waals surface area contributed by atoms with E-state index in [0.717, 1.165) is 0 Å². The van der Waals surface area contributed by atoms with Gasteiger partial charge in [-0.2, -0.15) is 5.26 Å². The zero-order chi connectivity index (χ0) is 29.3. The van der Waals surface area contributed by atoms with Gasteiger partial charge in [0.1, 0.15) is 23.1 Å². The van der Waals surface area contributed by atoms with Crippen molar-refractivity contribution < 1.29 is 23.5 Å². The van der Waals surface area contributed by atoms with Gasteiger partial charge in [0.05, 0.1) is 49.5 Å². The first-order chi connectivity index (χ1) is 19.7. The number of rotatable bonds is 8. The number of anilines is 2. The van der Waals surface area contributed by atoms with Crippen LogP contribution < -0.4 is 25.4 Å². The second-order valence-corrected chi connectivity index (χ2v) is 12.4. The average molecular weight is 593 g/mol. The molecular formula is C28H28N6O5S2. The third-order valence-electron chi connectivity index (χ3n) is 6.80. The summed E-state index contributed by atoms with van der Waals surface area (Å²) in [5.74, 6) is 0.780. The van der Waals surface area contributed by atoms with Gasteiger partial charge >= 0.3 is 0 Å². The molecule has 41 heavy (non-hydrogen) atoms. The van der Waals surface area contributed by atoms with Crippen molar-refractivity contribution in [2.45, 2.75) is 36.9 Å². The zero-order valence-corrected chi connectivity index (χ0v) is 24.5. The van der Waals surface area contributed by atoms with E-state index in [4.69, 9.17) is 19.6 Å². The van der Waals surface area contributed by atoms with Gasteiger partial charge in [-0.25, -0.2) is 0 Å². The minimum atomic E-state index is -0.691. The SMILES string of the molecule is COc1ccc(OC)c(NC(=O)CSc2nnc(N3C(N)=C(C#N)C(c4ccco4)C4=C3CC(C)(C)CC4=O)s2)c1. The first-order valence-electron chi connectivity index (χ1n) is 12.6. The van der Waals surface area contributed by atoms with Crippen LogP contribution in [0.2, 0.25) is 0 Å². The van der Waals surface area contributed by atoms with Crippen LogP contribution in [0.4, 0.5) is 10.8 Å². The highest BCUT2D eigenvalue weighted by Crippen LogP contribution is 2.50. The lowest BCUT2D eigenvalue weighted by molar-refractivity contribution is -0.118. The fraction of sp³-hybridized carbons (Fsp3) is 0.321. The third-order valence-corrected chi connectivity index (χ3v) is 8.84. The van der Waals surface area contributed by atoms with Gasteiger partial charge in [-0.3, -0.25) is 14.5 Å². The van der Waals surface area contributed by atoms with Crippen LogP contribution in [0.5, 0.6) is 11.5 Å². The number of ketones is 1. The number of carbonyl (C=O) groups is 2. The number of nitriles is 1. The number of benzene rings is 1. The molecule has 0 fully saturated rings. The van der Waals surface area contributed by atoms with Gasteiger partial charge in [0.2, 0.25) is 11.0 Å². The molecule has 0 saturated carbocycles. The van der Waals surface area contributed by atoms with Crippen molar-refractivity contribution in [3.63, 3.8) is 0 Å². The number of thioether (sulfide) groups is 1. The van der Waals surface area contributed by atoms with Gasteiger partial charge in [0.15, 0.2) is 10.1 Å². The number of nitrogens with one attached hydrogen (secondary N) is 1. The molecule has 5 rings (SSSR count). The lowest BCUT2D eigenvalue weighted by Crippen LogP contribution is -2.42. The summed E-state index contributed by atoms with van der Waals surface area (Å²) in [5.41, 5.74) is 8.15. The minimum Gasteiger partial charge on any atom is -0.497 e. The molecule has 0 saturated heterocycles. The number of hydrogen-bond donors (Lipinski definition) is 2. The Morgan fingerprint density at radius 3 is 2.78 bits per heavy atom. The first-order valence-corrected chi connectivity index (χ1v) is 14.4. The number of furan rings is 1. The van der Waals surface area contributed by atoms with Gasteiger partial charge in [-0.05, 0) is 36.1 Å². The molecule has 0 bridgehead atoms. The fourth-order valence-electron chi connectivity index (χ4n) is 5.04. The molecule has 3 aromatic rings. The van der Waals surface area contributed by atoms with E-state index in [2.05, 4.69) is 21.6 Å². The third kappa shape index (κ3) is 5.53. The molecular weight excluding hydrogens is 564 g/mol. The molecule has 0 spiro atoms. The Morgan fingerprint density at radius 2 is 2.10 bits per heavy atom. The minimum absolute atomic E-state index is 0.0593. The molecule has 1 aliphatic heterocycles. The average Bonchev–Trinajstić information content (AvgIpc) is 3.63. The highest BCUT2D eigenvalue weighted by atomic mass is 32.2. The molecule has 1 unspecified atom stereocenters. The van der Waals surface area contributed by atoms with E-state index in [1.54, 1.807) is 42.3 Å². The molecule has 2 aromatic heterocycles. The number of hydrogen-bond acceptors (Lipinski definition) is 12. The Kier molecular flexibility index (Phi) is 7.79. The Bertz CT molecular complexity index is 1600. The molecule has 11 nitrogen and oxygen atoms in total. The second-order valence-electron chi connectivity index (χ2n) is 10.2. The van der Waals surface area contributed by atoms with Crippen molar-refractivity contribution in [1.82, 2.24) is 10.2 Å². The van der Waals surface area contributed by atoms with Crippen LogP contribution in [0, 0.1) is 16.7 Å². The van der Waals surface area contributed by atoms with Crippen LogP contribution in [0.1, 0.15) is 38.4 Å². The molecule has 2 aliphatic rings. The summed E-state index contributed by atoms with van der Waals surface area (Å²) in [7, 11) is 3.06. The van der Waals surface area contributed by atoms with Crippen LogP contribution in [0.3, 0.4) is 0 Å². The highest BCUT2D eigenvalue weighted by molar-refractivity contribution is 8.01. The molecule has 1 amide bonds. The quantitative estimate of drug-likeness (QED) is 0.346. The maximum Gasteiger partial charge on any atom is 0.234 e. The molecule has 1 aromatic carbocycles. The van der Waals surface area contributed by atoms with E-state index in [0.29, 0.717) is 56.5 Å². The Labute approximate surface area is 245 Å². The van der Waals surface area contributed by atoms with Crippen molar-refractivity contribution in [3.8, 4) is 17.6 Å². The van der Waals surface area contributed by atoms with Crippen LogP contribution in [0.25, 0.3) is 0 Å². The normalized spacial score (nSPS) is 18.2. The Balaban J connectivity index is 1.41. The summed E-state index contributed by atoms with van der Waals surface area (Å²) < 4.78 is 16.7. The summed E-state index contributed by atoms with van der Waals surface area (Å²) in [4.78, 5) is 27.9. The van der Waals surface area contributed by atoms with E-state index in [1.165, 1.54) is 36.5 Å². The van der Waals surface area contributed by atoms with Crippen LogP contribution in [-0.2, 0) is 9.59 Å².